The van der Waals surface area contributed by atoms with Gasteiger partial charge < -0.3 is 10.1 Å². The van der Waals surface area contributed by atoms with Crippen molar-refractivity contribution >= 4 is 28.1 Å². The number of aromatic amines is 1. The number of nitrogens with one attached hydrogen (secondary N) is 1. The summed E-state index contributed by atoms with van der Waals surface area (Å²) in [5, 5.41) is 10.9. The maximum atomic E-state index is 8.88. The molecular formula is C16H19ClN2O. The Kier molecular flexibility index (Phi) is 4.10. The first-order valence-electron chi connectivity index (χ1n) is 7.07. The number of H-pyrrole nitrogens is 1. The number of nitrogens with zero attached hydrogens (tertiary/aromatic N) is 1. The van der Waals surface area contributed by atoms with Crippen molar-refractivity contribution in [2.75, 3.05) is 26.2 Å². The van der Waals surface area contributed by atoms with Gasteiger partial charge in [0, 0.05) is 53.9 Å². The van der Waals surface area contributed by atoms with Crippen molar-refractivity contribution in [3.8, 4) is 0 Å². The van der Waals surface area contributed by atoms with Crippen molar-refractivity contribution in [2.24, 2.45) is 0 Å². The topological polar surface area (TPSA) is 39.3 Å². The average molecular weight is 291 g/mol. The quantitative estimate of drug-likeness (QED) is 0.907. The number of halogens is 1. The Morgan fingerprint density at radius 2 is 2.25 bits per heavy atom. The minimum atomic E-state index is 0.272. The molecule has 1 aliphatic heterocycles. The first-order valence-corrected chi connectivity index (χ1v) is 7.45. The zero-order chi connectivity index (χ0) is 13.9. The first kappa shape index (κ1) is 13.7. The van der Waals surface area contributed by atoms with E-state index in [4.69, 9.17) is 16.7 Å². The van der Waals surface area contributed by atoms with Gasteiger partial charge in [-0.1, -0.05) is 17.7 Å². The van der Waals surface area contributed by atoms with Crippen LogP contribution in [-0.2, 0) is 0 Å². The van der Waals surface area contributed by atoms with Crippen molar-refractivity contribution in [1.29, 1.82) is 0 Å². The number of fused-ring (bicyclic) bond motifs is 1. The molecule has 0 atom stereocenters. The number of aliphatic hydroxyl groups excluding tert-OH is 1. The number of rotatable bonds is 4. The van der Waals surface area contributed by atoms with Crippen LogP contribution in [0.2, 0.25) is 5.02 Å². The lowest BCUT2D eigenvalue weighted by Gasteiger charge is -2.25. The number of hydrogen-bond acceptors (Lipinski definition) is 2. The van der Waals surface area contributed by atoms with E-state index in [1.807, 2.05) is 18.2 Å². The van der Waals surface area contributed by atoms with Crippen molar-refractivity contribution in [3.63, 3.8) is 0 Å². The van der Waals surface area contributed by atoms with E-state index in [9.17, 15) is 0 Å². The Labute approximate surface area is 123 Å². The number of benzene rings is 1. The molecule has 2 N–H and O–H groups in total. The molecule has 1 aromatic heterocycles. The number of aromatic nitrogens is 1. The minimum absolute atomic E-state index is 0.272. The predicted molar refractivity (Wildman–Crippen MR) is 84.0 cm³/mol. The third-order valence-corrected chi connectivity index (χ3v) is 4.15. The zero-order valence-electron chi connectivity index (χ0n) is 11.4. The van der Waals surface area contributed by atoms with Crippen LogP contribution in [-0.4, -0.2) is 41.2 Å². The summed E-state index contributed by atoms with van der Waals surface area (Å²) in [6.45, 7) is 3.26. The van der Waals surface area contributed by atoms with Gasteiger partial charge in [0.1, 0.15) is 0 Å². The lowest BCUT2D eigenvalue weighted by Crippen LogP contribution is -2.29. The van der Waals surface area contributed by atoms with Crippen LogP contribution in [0.5, 0.6) is 0 Å². The second-order valence-electron chi connectivity index (χ2n) is 5.25. The molecule has 0 aliphatic carbocycles. The molecule has 1 aromatic carbocycles. The van der Waals surface area contributed by atoms with E-state index in [1.54, 1.807) is 0 Å². The van der Waals surface area contributed by atoms with Gasteiger partial charge in [-0.05, 0) is 36.6 Å². The molecule has 3 rings (SSSR count). The van der Waals surface area contributed by atoms with Crippen LogP contribution in [0.1, 0.15) is 18.4 Å². The van der Waals surface area contributed by atoms with E-state index in [2.05, 4.69) is 22.2 Å². The molecule has 1 aliphatic rings. The van der Waals surface area contributed by atoms with Gasteiger partial charge in [-0.2, -0.15) is 0 Å². The molecular weight excluding hydrogens is 272 g/mol. The molecule has 0 saturated carbocycles. The Morgan fingerprint density at radius 3 is 3.00 bits per heavy atom. The van der Waals surface area contributed by atoms with Crippen molar-refractivity contribution in [3.05, 3.63) is 41.1 Å². The van der Waals surface area contributed by atoms with E-state index < -0.39 is 0 Å². The Balaban J connectivity index is 1.82. The zero-order valence-corrected chi connectivity index (χ0v) is 12.2. The van der Waals surface area contributed by atoms with Gasteiger partial charge in [0.15, 0.2) is 0 Å². The number of aliphatic hydroxyl groups is 1. The van der Waals surface area contributed by atoms with E-state index in [-0.39, 0.29) is 6.61 Å². The highest BCUT2D eigenvalue weighted by atomic mass is 35.5. The Morgan fingerprint density at radius 1 is 1.35 bits per heavy atom. The smallest absolute Gasteiger partial charge is 0.0461 e. The summed E-state index contributed by atoms with van der Waals surface area (Å²) in [6.07, 6.45) is 6.28. The van der Waals surface area contributed by atoms with Crippen molar-refractivity contribution in [2.45, 2.75) is 12.8 Å². The molecule has 0 unspecified atom stereocenters. The lowest BCUT2D eigenvalue weighted by atomic mass is 9.99. The fourth-order valence-electron chi connectivity index (χ4n) is 2.81. The van der Waals surface area contributed by atoms with Gasteiger partial charge in [0.05, 0.1) is 0 Å². The maximum Gasteiger partial charge on any atom is 0.0461 e. The van der Waals surface area contributed by atoms with Gasteiger partial charge in [0.25, 0.3) is 0 Å². The predicted octanol–water partition coefficient (Wildman–Crippen LogP) is 3.29. The Hall–Kier alpha value is -1.29. The highest BCUT2D eigenvalue weighted by Gasteiger charge is 2.15. The van der Waals surface area contributed by atoms with Crippen LogP contribution in [0.25, 0.3) is 16.5 Å². The molecule has 106 valence electrons. The van der Waals surface area contributed by atoms with Crippen molar-refractivity contribution < 1.29 is 5.11 Å². The molecule has 0 saturated heterocycles. The molecule has 0 amide bonds. The molecule has 20 heavy (non-hydrogen) atoms. The summed E-state index contributed by atoms with van der Waals surface area (Å²) in [5.41, 5.74) is 3.79. The summed E-state index contributed by atoms with van der Waals surface area (Å²) in [5.74, 6) is 0. The van der Waals surface area contributed by atoms with Crippen LogP contribution >= 0.6 is 11.6 Å². The van der Waals surface area contributed by atoms with E-state index in [0.29, 0.717) is 0 Å². The Bertz CT molecular complexity index is 632. The van der Waals surface area contributed by atoms with Gasteiger partial charge in [-0.15, -0.1) is 0 Å². The molecule has 0 fully saturated rings. The molecule has 2 heterocycles. The summed E-state index contributed by atoms with van der Waals surface area (Å²) in [7, 11) is 0. The SMILES string of the molecule is OCCCN1CC=C(c2c[nH]c3ccc(Cl)cc23)CC1. The maximum absolute atomic E-state index is 8.88. The van der Waals surface area contributed by atoms with Crippen LogP contribution < -0.4 is 0 Å². The highest BCUT2D eigenvalue weighted by molar-refractivity contribution is 6.31. The fraction of sp³-hybridized carbons (Fsp3) is 0.375. The van der Waals surface area contributed by atoms with Crippen LogP contribution in [0.15, 0.2) is 30.5 Å². The third-order valence-electron chi connectivity index (χ3n) is 3.92. The van der Waals surface area contributed by atoms with Gasteiger partial charge >= 0.3 is 0 Å². The highest BCUT2D eigenvalue weighted by Crippen LogP contribution is 2.30. The molecule has 4 heteroatoms. The van der Waals surface area contributed by atoms with Gasteiger partial charge in [0.2, 0.25) is 0 Å². The van der Waals surface area contributed by atoms with Crippen LogP contribution in [0, 0.1) is 0 Å². The van der Waals surface area contributed by atoms with Crippen LogP contribution in [0.4, 0.5) is 0 Å². The monoisotopic (exact) mass is 290 g/mol. The molecule has 0 radical (unpaired) electrons. The second-order valence-corrected chi connectivity index (χ2v) is 5.69. The first-order chi connectivity index (χ1) is 9.78. The average Bonchev–Trinajstić information content (AvgIpc) is 2.88. The summed E-state index contributed by atoms with van der Waals surface area (Å²) < 4.78 is 0. The summed E-state index contributed by atoms with van der Waals surface area (Å²) in [6, 6.07) is 5.97. The second kappa shape index (κ2) is 6.00. The molecule has 0 spiro atoms. The molecule has 2 aromatic rings. The molecule has 3 nitrogen and oxygen atoms in total. The molecule has 0 bridgehead atoms. The van der Waals surface area contributed by atoms with E-state index >= 15 is 0 Å². The summed E-state index contributed by atoms with van der Waals surface area (Å²) >= 11 is 6.10. The lowest BCUT2D eigenvalue weighted by molar-refractivity contribution is 0.236. The number of hydrogen-bond donors (Lipinski definition) is 2. The minimum Gasteiger partial charge on any atom is -0.396 e. The normalized spacial score (nSPS) is 16.6. The van der Waals surface area contributed by atoms with Gasteiger partial charge in [-0.3, -0.25) is 4.90 Å². The standard InChI is InChI=1S/C16H19ClN2O/c17-13-2-3-16-14(10-13)15(11-18-16)12-4-7-19(8-5-12)6-1-9-20/h2-4,10-11,18,20H,1,5-9H2. The largest absolute Gasteiger partial charge is 0.396 e. The van der Waals surface area contributed by atoms with E-state index in [0.717, 1.165) is 43.0 Å². The van der Waals surface area contributed by atoms with E-state index in [1.165, 1.54) is 16.5 Å². The summed E-state index contributed by atoms with van der Waals surface area (Å²) in [4.78, 5) is 5.69. The fourth-order valence-corrected chi connectivity index (χ4v) is 2.98. The van der Waals surface area contributed by atoms with Crippen molar-refractivity contribution in [1.82, 2.24) is 9.88 Å². The van der Waals surface area contributed by atoms with Gasteiger partial charge in [-0.25, -0.2) is 0 Å². The van der Waals surface area contributed by atoms with Crippen LogP contribution in [0.3, 0.4) is 0 Å². The third kappa shape index (κ3) is 2.75.